The monoisotopic (exact) mass is 271 g/mol. The highest BCUT2D eigenvalue weighted by Crippen LogP contribution is 2.20. The summed E-state index contributed by atoms with van der Waals surface area (Å²) in [5.41, 5.74) is 5.19. The molecule has 10 heavy (non-hydrogen) atoms. The average molecular weight is 273 g/mol. The summed E-state index contributed by atoms with van der Waals surface area (Å²) in [7, 11) is 0. The maximum absolute atomic E-state index is 10.2. The van der Waals surface area contributed by atoms with Crippen LogP contribution in [-0.2, 0) is 4.79 Å². The summed E-state index contributed by atoms with van der Waals surface area (Å²) in [5, 5.41) is 8.40. The standard InChI is InChI=1S/C5H7Br2NO2/c6-3(1-2-8)4(7)5(9)10/h1-2,8H2,(H,9,10)/b4-3+. The smallest absolute Gasteiger partial charge is 0.343 e. The lowest BCUT2D eigenvalue weighted by Gasteiger charge is -1.96. The van der Waals surface area contributed by atoms with Crippen molar-refractivity contribution < 1.29 is 9.90 Å². The van der Waals surface area contributed by atoms with Crippen molar-refractivity contribution in [2.45, 2.75) is 6.42 Å². The van der Waals surface area contributed by atoms with Crippen LogP contribution in [0.5, 0.6) is 0 Å². The molecule has 0 saturated carbocycles. The van der Waals surface area contributed by atoms with Crippen molar-refractivity contribution in [1.82, 2.24) is 0 Å². The van der Waals surface area contributed by atoms with Crippen molar-refractivity contribution in [3.05, 3.63) is 8.96 Å². The SMILES string of the molecule is NCC/C(Br)=C(\Br)C(=O)O. The van der Waals surface area contributed by atoms with Gasteiger partial charge in [0.2, 0.25) is 0 Å². The quantitative estimate of drug-likeness (QED) is 0.764. The van der Waals surface area contributed by atoms with Gasteiger partial charge in [-0.3, -0.25) is 0 Å². The van der Waals surface area contributed by atoms with Gasteiger partial charge in [0.1, 0.15) is 4.48 Å². The fraction of sp³-hybridized carbons (Fsp3) is 0.400. The number of carbonyl (C=O) groups is 1. The molecule has 0 aromatic rings. The molecule has 0 aromatic heterocycles. The van der Waals surface area contributed by atoms with Crippen LogP contribution in [0.4, 0.5) is 0 Å². The molecule has 0 amide bonds. The summed E-state index contributed by atoms with van der Waals surface area (Å²) < 4.78 is 0.723. The molecule has 0 spiro atoms. The lowest BCUT2D eigenvalue weighted by atomic mass is 10.4. The Morgan fingerprint density at radius 2 is 2.00 bits per heavy atom. The average Bonchev–Trinajstić information content (AvgIpc) is 1.87. The van der Waals surface area contributed by atoms with Gasteiger partial charge in [0.15, 0.2) is 0 Å². The summed E-state index contributed by atoms with van der Waals surface area (Å²) in [6.07, 6.45) is 0.535. The zero-order valence-electron chi connectivity index (χ0n) is 5.10. The minimum Gasteiger partial charge on any atom is -0.477 e. The summed E-state index contributed by atoms with van der Waals surface area (Å²) in [4.78, 5) is 10.2. The molecule has 0 aliphatic rings. The molecule has 3 N–H and O–H groups in total. The van der Waals surface area contributed by atoms with E-state index in [0.29, 0.717) is 17.4 Å². The van der Waals surface area contributed by atoms with Gasteiger partial charge in [-0.15, -0.1) is 0 Å². The predicted molar refractivity (Wildman–Crippen MR) is 46.2 cm³/mol. The molecule has 0 heterocycles. The summed E-state index contributed by atoms with van der Waals surface area (Å²) >= 11 is 5.96. The molecular weight excluding hydrogens is 266 g/mol. The molecule has 0 atom stereocenters. The highest BCUT2D eigenvalue weighted by atomic mass is 79.9. The van der Waals surface area contributed by atoms with Crippen molar-refractivity contribution in [3.63, 3.8) is 0 Å². The van der Waals surface area contributed by atoms with E-state index in [-0.39, 0.29) is 4.48 Å². The highest BCUT2D eigenvalue weighted by molar-refractivity contribution is 9.14. The van der Waals surface area contributed by atoms with Gasteiger partial charge in [-0.05, 0) is 28.9 Å². The number of halogens is 2. The van der Waals surface area contributed by atoms with Gasteiger partial charge in [-0.2, -0.15) is 0 Å². The van der Waals surface area contributed by atoms with Crippen LogP contribution in [0.25, 0.3) is 0 Å². The van der Waals surface area contributed by atoms with E-state index < -0.39 is 5.97 Å². The van der Waals surface area contributed by atoms with Crippen LogP contribution in [0.1, 0.15) is 6.42 Å². The Bertz CT molecular complexity index is 167. The molecule has 0 rings (SSSR count). The van der Waals surface area contributed by atoms with Crippen LogP contribution in [0, 0.1) is 0 Å². The third-order valence-corrected chi connectivity index (χ3v) is 2.93. The lowest BCUT2D eigenvalue weighted by Crippen LogP contribution is -2.01. The molecule has 0 radical (unpaired) electrons. The number of carboxylic acid groups (broad SMARTS) is 1. The van der Waals surface area contributed by atoms with E-state index in [0.717, 1.165) is 0 Å². The molecule has 58 valence electrons. The topological polar surface area (TPSA) is 63.3 Å². The predicted octanol–water partition coefficient (Wildman–Crippen LogP) is 1.42. The number of rotatable bonds is 3. The maximum atomic E-state index is 10.2. The lowest BCUT2D eigenvalue weighted by molar-refractivity contribution is -0.131. The van der Waals surface area contributed by atoms with Gasteiger partial charge >= 0.3 is 5.97 Å². The Labute approximate surface area is 75.5 Å². The third-order valence-electron chi connectivity index (χ3n) is 0.790. The largest absolute Gasteiger partial charge is 0.477 e. The minimum absolute atomic E-state index is 0.137. The Morgan fingerprint density at radius 1 is 1.50 bits per heavy atom. The van der Waals surface area contributed by atoms with Crippen molar-refractivity contribution in [1.29, 1.82) is 0 Å². The zero-order chi connectivity index (χ0) is 8.15. The second kappa shape index (κ2) is 4.87. The van der Waals surface area contributed by atoms with Gasteiger partial charge in [-0.1, -0.05) is 15.9 Å². The summed E-state index contributed by atoms with van der Waals surface area (Å²) in [6, 6.07) is 0. The molecule has 0 aliphatic carbocycles. The molecule has 0 saturated heterocycles. The van der Waals surface area contributed by atoms with E-state index in [1.165, 1.54) is 0 Å². The van der Waals surface area contributed by atoms with E-state index in [2.05, 4.69) is 31.9 Å². The van der Waals surface area contributed by atoms with Crippen LogP contribution in [0.15, 0.2) is 8.96 Å². The van der Waals surface area contributed by atoms with Gasteiger partial charge in [0, 0.05) is 4.48 Å². The van der Waals surface area contributed by atoms with E-state index in [4.69, 9.17) is 10.8 Å². The van der Waals surface area contributed by atoms with Crippen LogP contribution >= 0.6 is 31.9 Å². The van der Waals surface area contributed by atoms with E-state index in [1.54, 1.807) is 0 Å². The van der Waals surface area contributed by atoms with Gasteiger partial charge in [0.05, 0.1) is 0 Å². The summed E-state index contributed by atoms with van der Waals surface area (Å²) in [6.45, 7) is 0.433. The Balaban J connectivity index is 4.19. The maximum Gasteiger partial charge on any atom is 0.343 e. The first-order chi connectivity index (χ1) is 4.59. The minimum atomic E-state index is -0.986. The van der Waals surface area contributed by atoms with Gasteiger partial charge in [-0.25, -0.2) is 4.79 Å². The molecule has 0 aliphatic heterocycles. The first-order valence-electron chi connectivity index (χ1n) is 2.57. The fourth-order valence-corrected chi connectivity index (χ4v) is 0.949. The zero-order valence-corrected chi connectivity index (χ0v) is 8.27. The van der Waals surface area contributed by atoms with Crippen molar-refractivity contribution >= 4 is 37.8 Å². The Morgan fingerprint density at radius 3 is 2.30 bits per heavy atom. The van der Waals surface area contributed by atoms with E-state index in [9.17, 15) is 4.79 Å². The van der Waals surface area contributed by atoms with Crippen molar-refractivity contribution in [2.75, 3.05) is 6.54 Å². The number of nitrogens with two attached hydrogens (primary N) is 1. The first-order valence-corrected chi connectivity index (χ1v) is 4.15. The Kier molecular flexibility index (Phi) is 4.93. The van der Waals surface area contributed by atoms with Gasteiger partial charge < -0.3 is 10.8 Å². The first kappa shape index (κ1) is 10.1. The third kappa shape index (κ3) is 3.34. The van der Waals surface area contributed by atoms with Crippen LogP contribution in [0.2, 0.25) is 0 Å². The molecule has 0 bridgehead atoms. The second-order valence-corrected chi connectivity index (χ2v) is 3.31. The number of aliphatic carboxylic acids is 1. The van der Waals surface area contributed by atoms with Gasteiger partial charge in [0.25, 0.3) is 0 Å². The molecule has 0 unspecified atom stereocenters. The number of carboxylic acids is 1. The van der Waals surface area contributed by atoms with Crippen LogP contribution in [0.3, 0.4) is 0 Å². The molecule has 0 aromatic carbocycles. The summed E-state index contributed by atoms with van der Waals surface area (Å²) in [5.74, 6) is -0.986. The molecule has 3 nitrogen and oxygen atoms in total. The Hall–Kier alpha value is 0.130. The molecule has 5 heteroatoms. The fourth-order valence-electron chi connectivity index (χ4n) is 0.352. The van der Waals surface area contributed by atoms with Crippen LogP contribution < -0.4 is 5.73 Å². The number of hydrogen-bond donors (Lipinski definition) is 2. The highest BCUT2D eigenvalue weighted by Gasteiger charge is 2.06. The normalized spacial score (nSPS) is 12.7. The number of hydrogen-bond acceptors (Lipinski definition) is 2. The molecular formula is C5H7Br2NO2. The van der Waals surface area contributed by atoms with E-state index >= 15 is 0 Å². The molecule has 0 fully saturated rings. The van der Waals surface area contributed by atoms with Crippen LogP contribution in [-0.4, -0.2) is 17.6 Å². The van der Waals surface area contributed by atoms with Crippen molar-refractivity contribution in [3.8, 4) is 0 Å². The van der Waals surface area contributed by atoms with Crippen molar-refractivity contribution in [2.24, 2.45) is 5.73 Å². The second-order valence-electron chi connectivity index (χ2n) is 1.56. The van der Waals surface area contributed by atoms with E-state index in [1.807, 2.05) is 0 Å².